The summed E-state index contributed by atoms with van der Waals surface area (Å²) < 4.78 is 20.9. The Bertz CT molecular complexity index is 749. The summed E-state index contributed by atoms with van der Waals surface area (Å²) in [6.45, 7) is 0. The standard InChI is InChI=1S/C19H20O5/c1-21-14-7-5-13(18(11-14)23-3)6-10-17(20)16-9-8-15(22-2)12-19(16)24-4/h5-12H,1-4H3/b10-6+. The van der Waals surface area contributed by atoms with E-state index in [0.717, 1.165) is 5.56 Å². The zero-order chi connectivity index (χ0) is 17.5. The molecule has 0 aromatic heterocycles. The number of rotatable bonds is 7. The Hall–Kier alpha value is -2.95. The monoisotopic (exact) mass is 328 g/mol. The van der Waals surface area contributed by atoms with E-state index < -0.39 is 0 Å². The summed E-state index contributed by atoms with van der Waals surface area (Å²) >= 11 is 0. The fourth-order valence-electron chi connectivity index (χ4n) is 2.21. The minimum Gasteiger partial charge on any atom is -0.497 e. The highest BCUT2D eigenvalue weighted by Crippen LogP contribution is 2.27. The van der Waals surface area contributed by atoms with Crippen LogP contribution in [0.25, 0.3) is 6.08 Å². The molecule has 5 nitrogen and oxygen atoms in total. The Morgan fingerprint density at radius 2 is 1.38 bits per heavy atom. The van der Waals surface area contributed by atoms with Gasteiger partial charge in [-0.05, 0) is 36.4 Å². The Labute approximate surface area is 141 Å². The van der Waals surface area contributed by atoms with Gasteiger partial charge in [-0.25, -0.2) is 0 Å². The molecule has 126 valence electrons. The van der Waals surface area contributed by atoms with Gasteiger partial charge < -0.3 is 18.9 Å². The minimum atomic E-state index is -0.174. The van der Waals surface area contributed by atoms with Gasteiger partial charge in [0.15, 0.2) is 5.78 Å². The third kappa shape index (κ3) is 3.87. The van der Waals surface area contributed by atoms with E-state index in [-0.39, 0.29) is 5.78 Å². The number of ketones is 1. The molecule has 0 unspecified atom stereocenters. The maximum atomic E-state index is 12.4. The van der Waals surface area contributed by atoms with Crippen molar-refractivity contribution in [3.05, 3.63) is 53.6 Å². The molecule has 24 heavy (non-hydrogen) atoms. The molecule has 0 heterocycles. The van der Waals surface area contributed by atoms with Crippen LogP contribution in [0.1, 0.15) is 15.9 Å². The molecule has 2 aromatic rings. The van der Waals surface area contributed by atoms with Crippen molar-refractivity contribution in [2.24, 2.45) is 0 Å². The number of benzene rings is 2. The molecule has 0 aliphatic heterocycles. The van der Waals surface area contributed by atoms with Crippen molar-refractivity contribution in [1.82, 2.24) is 0 Å². The number of hydrogen-bond acceptors (Lipinski definition) is 5. The van der Waals surface area contributed by atoms with Crippen LogP contribution < -0.4 is 18.9 Å². The van der Waals surface area contributed by atoms with Crippen molar-refractivity contribution in [2.75, 3.05) is 28.4 Å². The first-order valence-corrected chi connectivity index (χ1v) is 7.29. The van der Waals surface area contributed by atoms with Crippen molar-refractivity contribution >= 4 is 11.9 Å². The molecule has 5 heteroatoms. The van der Waals surface area contributed by atoms with Gasteiger partial charge in [-0.15, -0.1) is 0 Å². The summed E-state index contributed by atoms with van der Waals surface area (Å²) in [6, 6.07) is 10.5. The average molecular weight is 328 g/mol. The lowest BCUT2D eigenvalue weighted by Crippen LogP contribution is -1.99. The SMILES string of the molecule is COc1ccc(/C=C/C(=O)c2ccc(OC)cc2OC)c(OC)c1. The van der Waals surface area contributed by atoms with E-state index >= 15 is 0 Å². The molecule has 2 rings (SSSR count). The fourth-order valence-corrected chi connectivity index (χ4v) is 2.21. The van der Waals surface area contributed by atoms with Gasteiger partial charge in [-0.2, -0.15) is 0 Å². The van der Waals surface area contributed by atoms with Gasteiger partial charge in [-0.1, -0.05) is 0 Å². The van der Waals surface area contributed by atoms with E-state index in [1.165, 1.54) is 13.2 Å². The quantitative estimate of drug-likeness (QED) is 0.574. The van der Waals surface area contributed by atoms with Crippen LogP contribution in [0.3, 0.4) is 0 Å². The predicted octanol–water partition coefficient (Wildman–Crippen LogP) is 3.62. The highest BCUT2D eigenvalue weighted by Gasteiger charge is 2.11. The molecular formula is C19H20O5. The summed E-state index contributed by atoms with van der Waals surface area (Å²) in [5.74, 6) is 2.23. The number of hydrogen-bond donors (Lipinski definition) is 0. The van der Waals surface area contributed by atoms with Crippen molar-refractivity contribution in [3.63, 3.8) is 0 Å². The second kappa shape index (κ2) is 8.06. The Morgan fingerprint density at radius 3 is 1.96 bits per heavy atom. The van der Waals surface area contributed by atoms with Crippen molar-refractivity contribution in [1.29, 1.82) is 0 Å². The fraction of sp³-hybridized carbons (Fsp3) is 0.211. The molecular weight excluding hydrogens is 308 g/mol. The molecule has 0 saturated heterocycles. The summed E-state index contributed by atoms with van der Waals surface area (Å²) in [4.78, 5) is 12.4. The van der Waals surface area contributed by atoms with Crippen LogP contribution in [0.2, 0.25) is 0 Å². The number of methoxy groups -OCH3 is 4. The number of carbonyl (C=O) groups is 1. The van der Waals surface area contributed by atoms with Gasteiger partial charge in [0.25, 0.3) is 0 Å². The average Bonchev–Trinajstić information content (AvgIpc) is 2.65. The van der Waals surface area contributed by atoms with Gasteiger partial charge in [0.05, 0.1) is 34.0 Å². The second-order valence-electron chi connectivity index (χ2n) is 4.87. The molecule has 0 bridgehead atoms. The Balaban J connectivity index is 2.28. The molecule has 0 fully saturated rings. The summed E-state index contributed by atoms with van der Waals surface area (Å²) in [6.07, 6.45) is 3.18. The van der Waals surface area contributed by atoms with Gasteiger partial charge in [-0.3, -0.25) is 4.79 Å². The number of allylic oxidation sites excluding steroid dienone is 1. The van der Waals surface area contributed by atoms with E-state index in [0.29, 0.717) is 28.6 Å². The minimum absolute atomic E-state index is 0.174. The lowest BCUT2D eigenvalue weighted by Gasteiger charge is -2.09. The second-order valence-corrected chi connectivity index (χ2v) is 4.87. The zero-order valence-corrected chi connectivity index (χ0v) is 14.2. The van der Waals surface area contributed by atoms with Crippen molar-refractivity contribution in [3.8, 4) is 23.0 Å². The third-order valence-electron chi connectivity index (χ3n) is 3.53. The van der Waals surface area contributed by atoms with Crippen molar-refractivity contribution in [2.45, 2.75) is 0 Å². The van der Waals surface area contributed by atoms with Crippen molar-refractivity contribution < 1.29 is 23.7 Å². The van der Waals surface area contributed by atoms with E-state index in [2.05, 4.69) is 0 Å². The maximum Gasteiger partial charge on any atom is 0.189 e. The normalized spacial score (nSPS) is 10.5. The number of ether oxygens (including phenoxy) is 4. The van der Waals surface area contributed by atoms with Crippen LogP contribution in [0.5, 0.6) is 23.0 Å². The van der Waals surface area contributed by atoms with Crippen LogP contribution in [0, 0.1) is 0 Å². The third-order valence-corrected chi connectivity index (χ3v) is 3.53. The van der Waals surface area contributed by atoms with Crippen LogP contribution in [-0.4, -0.2) is 34.2 Å². The molecule has 0 N–H and O–H groups in total. The van der Waals surface area contributed by atoms with Crippen LogP contribution >= 0.6 is 0 Å². The first-order valence-electron chi connectivity index (χ1n) is 7.29. The Kier molecular flexibility index (Phi) is 5.84. The summed E-state index contributed by atoms with van der Waals surface area (Å²) in [5.41, 5.74) is 1.24. The molecule has 0 saturated carbocycles. The van der Waals surface area contributed by atoms with E-state index in [4.69, 9.17) is 18.9 Å². The predicted molar refractivity (Wildman–Crippen MR) is 92.5 cm³/mol. The smallest absolute Gasteiger partial charge is 0.189 e. The van der Waals surface area contributed by atoms with E-state index in [1.54, 1.807) is 57.7 Å². The lowest BCUT2D eigenvalue weighted by molar-refractivity contribution is 0.104. The molecule has 0 aliphatic rings. The zero-order valence-electron chi connectivity index (χ0n) is 14.2. The van der Waals surface area contributed by atoms with Crippen LogP contribution in [0.4, 0.5) is 0 Å². The van der Waals surface area contributed by atoms with Gasteiger partial charge >= 0.3 is 0 Å². The van der Waals surface area contributed by atoms with Gasteiger partial charge in [0, 0.05) is 17.7 Å². The molecule has 0 aliphatic carbocycles. The van der Waals surface area contributed by atoms with Gasteiger partial charge in [0.1, 0.15) is 23.0 Å². The van der Waals surface area contributed by atoms with E-state index in [9.17, 15) is 4.79 Å². The number of carbonyl (C=O) groups excluding carboxylic acids is 1. The highest BCUT2D eigenvalue weighted by molar-refractivity contribution is 6.08. The Morgan fingerprint density at radius 1 is 0.792 bits per heavy atom. The largest absolute Gasteiger partial charge is 0.497 e. The lowest BCUT2D eigenvalue weighted by atomic mass is 10.1. The highest BCUT2D eigenvalue weighted by atomic mass is 16.5. The topological polar surface area (TPSA) is 54.0 Å². The van der Waals surface area contributed by atoms with Crippen LogP contribution in [-0.2, 0) is 0 Å². The molecule has 0 amide bonds. The van der Waals surface area contributed by atoms with Crippen LogP contribution in [0.15, 0.2) is 42.5 Å². The van der Waals surface area contributed by atoms with Gasteiger partial charge in [0.2, 0.25) is 0 Å². The van der Waals surface area contributed by atoms with E-state index in [1.807, 2.05) is 6.07 Å². The summed E-state index contributed by atoms with van der Waals surface area (Å²) in [7, 11) is 6.23. The molecule has 2 aromatic carbocycles. The molecule has 0 spiro atoms. The molecule has 0 atom stereocenters. The first kappa shape index (κ1) is 17.4. The molecule has 0 radical (unpaired) electrons. The summed E-state index contributed by atoms with van der Waals surface area (Å²) in [5, 5.41) is 0. The maximum absolute atomic E-state index is 12.4. The first-order chi connectivity index (χ1) is 11.6.